The first-order valence-electron chi connectivity index (χ1n) is 15.5. The van der Waals surface area contributed by atoms with Crippen LogP contribution < -0.4 is 15.8 Å². The fourth-order valence-electron chi connectivity index (χ4n) is 5.31. The van der Waals surface area contributed by atoms with Crippen molar-refractivity contribution in [1.82, 2.24) is 23.9 Å². The lowest BCUT2D eigenvalue weighted by atomic mass is 10.0. The quantitative estimate of drug-likeness (QED) is 0.0969. The number of aliphatic hydroxyl groups is 1. The van der Waals surface area contributed by atoms with Gasteiger partial charge >= 0.3 is 0 Å². The number of amides is 1. The van der Waals surface area contributed by atoms with Crippen molar-refractivity contribution in [2.24, 2.45) is 13.0 Å². The molecule has 0 aliphatic rings. The summed E-state index contributed by atoms with van der Waals surface area (Å²) in [5, 5.41) is 14.9. The van der Waals surface area contributed by atoms with E-state index in [1.807, 2.05) is 56.3 Å². The van der Waals surface area contributed by atoms with E-state index in [9.17, 15) is 26.7 Å². The van der Waals surface area contributed by atoms with Crippen LogP contribution in [0.1, 0.15) is 38.7 Å². The molecule has 0 unspecified atom stereocenters. The summed E-state index contributed by atoms with van der Waals surface area (Å²) in [6.45, 7) is 3.90. The van der Waals surface area contributed by atoms with Gasteiger partial charge in [0, 0.05) is 38.1 Å². The van der Waals surface area contributed by atoms with E-state index in [2.05, 4.69) is 15.0 Å². The summed E-state index contributed by atoms with van der Waals surface area (Å²) < 4.78 is 58.7. The molecule has 0 spiro atoms. The van der Waals surface area contributed by atoms with Gasteiger partial charge in [0.05, 0.1) is 17.8 Å². The topological polar surface area (TPSA) is 177 Å². The Morgan fingerprint density at radius 3 is 2.34 bits per heavy atom. The maximum atomic E-state index is 13.5. The molecular formula is C33H44N6O6S2. The van der Waals surface area contributed by atoms with Crippen LogP contribution in [0.3, 0.4) is 0 Å². The Labute approximate surface area is 277 Å². The van der Waals surface area contributed by atoms with Crippen molar-refractivity contribution < 1.29 is 26.7 Å². The van der Waals surface area contributed by atoms with Gasteiger partial charge in [-0.1, -0.05) is 62.7 Å². The minimum atomic E-state index is -4.10. The molecule has 1 aromatic heterocycles. The monoisotopic (exact) mass is 684 g/mol. The van der Waals surface area contributed by atoms with E-state index in [4.69, 9.17) is 5.73 Å². The number of sulfonamides is 2. The number of aryl methyl sites for hydroxylation is 1. The number of aliphatic hydroxyl groups excluding tert-OH is 1. The highest BCUT2D eigenvalue weighted by atomic mass is 32.2. The Morgan fingerprint density at radius 2 is 1.70 bits per heavy atom. The zero-order chi connectivity index (χ0) is 34.2. The number of nitrogens with zero attached hydrogens (tertiary/aromatic N) is 3. The maximum absolute atomic E-state index is 13.5. The van der Waals surface area contributed by atoms with Crippen molar-refractivity contribution >= 4 is 42.4 Å². The molecule has 254 valence electrons. The molecule has 1 amide bonds. The maximum Gasteiger partial charge on any atom is 0.260 e. The zero-order valence-corrected chi connectivity index (χ0v) is 28.5. The number of carbonyl (C=O) groups excluding carboxylic acids is 1. The van der Waals surface area contributed by atoms with Crippen LogP contribution in [0.2, 0.25) is 0 Å². The number of carbonyl (C=O) groups is 1. The van der Waals surface area contributed by atoms with Gasteiger partial charge in [-0.3, -0.25) is 4.79 Å². The third-order valence-electron chi connectivity index (χ3n) is 7.74. The van der Waals surface area contributed by atoms with Crippen molar-refractivity contribution in [2.45, 2.75) is 61.5 Å². The molecule has 2 atom stereocenters. The fourth-order valence-corrected chi connectivity index (χ4v) is 8.30. The first kappa shape index (κ1) is 36.0. The molecule has 4 aromatic rings. The molecule has 4 rings (SSSR count). The number of aromatic nitrogens is 2. The molecule has 14 heteroatoms. The lowest BCUT2D eigenvalue weighted by Gasteiger charge is -2.31. The molecule has 0 fully saturated rings. The van der Waals surface area contributed by atoms with E-state index in [1.54, 1.807) is 7.05 Å². The van der Waals surface area contributed by atoms with Gasteiger partial charge in [-0.2, -0.15) is 9.03 Å². The Hall–Kier alpha value is -3.82. The zero-order valence-electron chi connectivity index (χ0n) is 26.9. The fraction of sp³-hybridized carbons (Fsp3) is 0.394. The number of rotatable bonds is 17. The summed E-state index contributed by atoms with van der Waals surface area (Å²) >= 11 is 0. The minimum absolute atomic E-state index is 0.0151. The Morgan fingerprint density at radius 1 is 1.00 bits per heavy atom. The Balaban J connectivity index is 1.41. The van der Waals surface area contributed by atoms with E-state index >= 15 is 0 Å². The number of nitrogens with two attached hydrogens (primary N) is 1. The second kappa shape index (κ2) is 15.8. The van der Waals surface area contributed by atoms with Crippen LogP contribution in [0.25, 0.3) is 10.8 Å². The number of nitrogens with one attached hydrogen (secondary N) is 2. The Kier molecular flexibility index (Phi) is 12.1. The molecule has 0 aliphatic carbocycles. The largest absolute Gasteiger partial charge is 0.399 e. The smallest absolute Gasteiger partial charge is 0.260 e. The van der Waals surface area contributed by atoms with Crippen molar-refractivity contribution in [3.8, 4) is 0 Å². The van der Waals surface area contributed by atoms with Crippen LogP contribution in [-0.2, 0) is 38.3 Å². The molecule has 0 saturated heterocycles. The van der Waals surface area contributed by atoms with Crippen molar-refractivity contribution in [3.05, 3.63) is 84.8 Å². The van der Waals surface area contributed by atoms with Gasteiger partial charge in [-0.05, 0) is 65.8 Å². The summed E-state index contributed by atoms with van der Waals surface area (Å²) in [5.74, 6) is -0.481. The highest BCUT2D eigenvalue weighted by Gasteiger charge is 2.32. The molecule has 0 bridgehead atoms. The number of fused-ring (bicyclic) bond motifs is 1. The van der Waals surface area contributed by atoms with Crippen LogP contribution in [0, 0.1) is 5.92 Å². The summed E-state index contributed by atoms with van der Waals surface area (Å²) in [7, 11) is -6.34. The van der Waals surface area contributed by atoms with Crippen LogP contribution in [-0.4, -0.2) is 73.5 Å². The standard InChI is InChI=1S/C33H44N6O6S2/c1-24(2)20-39(47(44,45)30-15-13-28(34)14-16-30)29(22-40)10-6-7-17-35-33(41)31(37-46(42,43)32-21-38(3)23-36-32)19-25-11-12-26-8-4-5-9-27(26)18-25/h4-5,8-9,11-16,18,21,23-24,29,31,37,40H,6-7,10,17,19-20,22,34H2,1-3H3,(H,35,41)/t29-,31-/m0/s1. The third kappa shape index (κ3) is 9.61. The molecular weight excluding hydrogens is 641 g/mol. The first-order valence-corrected chi connectivity index (χ1v) is 18.5. The van der Waals surface area contributed by atoms with Gasteiger partial charge in [0.25, 0.3) is 10.0 Å². The number of imidazole rings is 1. The molecule has 47 heavy (non-hydrogen) atoms. The number of benzene rings is 3. The van der Waals surface area contributed by atoms with E-state index < -0.39 is 38.0 Å². The number of unbranched alkanes of at least 4 members (excludes halogenated alkanes) is 1. The van der Waals surface area contributed by atoms with Gasteiger partial charge < -0.3 is 20.7 Å². The molecule has 0 aliphatic heterocycles. The SMILES string of the molecule is CC(C)CN([C@H](CO)CCCCNC(=O)[C@H](Cc1ccc2ccccc2c1)NS(=O)(=O)c1cn(C)cn1)S(=O)(=O)c1ccc(N)cc1. The minimum Gasteiger partial charge on any atom is -0.399 e. The predicted molar refractivity (Wildman–Crippen MR) is 182 cm³/mol. The van der Waals surface area contributed by atoms with E-state index in [0.717, 1.165) is 16.3 Å². The second-order valence-corrected chi connectivity index (χ2v) is 15.6. The summed E-state index contributed by atoms with van der Waals surface area (Å²) in [5.41, 5.74) is 6.98. The molecule has 1 heterocycles. The van der Waals surface area contributed by atoms with Crippen LogP contribution in [0.5, 0.6) is 0 Å². The average molecular weight is 685 g/mol. The van der Waals surface area contributed by atoms with E-state index in [0.29, 0.717) is 24.9 Å². The number of anilines is 1. The van der Waals surface area contributed by atoms with Crippen LogP contribution in [0.15, 0.2) is 89.2 Å². The van der Waals surface area contributed by atoms with Gasteiger partial charge in [-0.25, -0.2) is 21.8 Å². The van der Waals surface area contributed by atoms with Crippen LogP contribution in [0.4, 0.5) is 5.69 Å². The lowest BCUT2D eigenvalue weighted by Crippen LogP contribution is -2.48. The predicted octanol–water partition coefficient (Wildman–Crippen LogP) is 3.04. The molecule has 0 radical (unpaired) electrons. The van der Waals surface area contributed by atoms with Gasteiger partial charge in [0.1, 0.15) is 6.04 Å². The van der Waals surface area contributed by atoms with Crippen molar-refractivity contribution in [2.75, 3.05) is 25.4 Å². The van der Waals surface area contributed by atoms with Gasteiger partial charge in [0.2, 0.25) is 15.9 Å². The summed E-state index contributed by atoms with van der Waals surface area (Å²) in [6, 6.07) is 17.7. The van der Waals surface area contributed by atoms with Crippen molar-refractivity contribution in [1.29, 1.82) is 0 Å². The highest BCUT2D eigenvalue weighted by molar-refractivity contribution is 7.89. The second-order valence-electron chi connectivity index (χ2n) is 12.1. The van der Waals surface area contributed by atoms with E-state index in [1.165, 1.54) is 45.7 Å². The third-order valence-corrected chi connectivity index (χ3v) is 11.0. The summed E-state index contributed by atoms with van der Waals surface area (Å²) in [6.07, 6.45) is 4.20. The molecule has 5 N–H and O–H groups in total. The molecule has 0 saturated carbocycles. The van der Waals surface area contributed by atoms with Crippen molar-refractivity contribution in [3.63, 3.8) is 0 Å². The number of nitrogen functional groups attached to an aromatic ring is 1. The number of hydrogen-bond donors (Lipinski definition) is 4. The van der Waals surface area contributed by atoms with Crippen LogP contribution >= 0.6 is 0 Å². The molecule has 3 aromatic carbocycles. The van der Waals surface area contributed by atoms with Gasteiger partial charge in [-0.15, -0.1) is 0 Å². The number of hydrogen-bond acceptors (Lipinski definition) is 8. The van der Waals surface area contributed by atoms with E-state index in [-0.39, 0.29) is 42.0 Å². The first-order chi connectivity index (χ1) is 22.3. The normalized spacial score (nSPS) is 13.7. The van der Waals surface area contributed by atoms with Gasteiger partial charge in [0.15, 0.2) is 5.03 Å². The lowest BCUT2D eigenvalue weighted by molar-refractivity contribution is -0.122. The Bertz CT molecular complexity index is 1860. The molecule has 12 nitrogen and oxygen atoms in total. The average Bonchev–Trinajstić information content (AvgIpc) is 3.48. The highest BCUT2D eigenvalue weighted by Crippen LogP contribution is 2.23. The summed E-state index contributed by atoms with van der Waals surface area (Å²) in [4.78, 5) is 17.5.